The van der Waals surface area contributed by atoms with Crippen molar-refractivity contribution in [1.82, 2.24) is 15.2 Å². The van der Waals surface area contributed by atoms with E-state index >= 15 is 0 Å². The Morgan fingerprint density at radius 1 is 1.00 bits per heavy atom. The highest BCUT2D eigenvalue weighted by Crippen LogP contribution is 2.21. The highest BCUT2D eigenvalue weighted by atomic mass is 15.3. The van der Waals surface area contributed by atoms with Crippen LogP contribution in [0.1, 0.15) is 30.9 Å². The number of aromatic nitrogens is 3. The highest BCUT2D eigenvalue weighted by Gasteiger charge is 2.06. The maximum absolute atomic E-state index is 9.15. The van der Waals surface area contributed by atoms with E-state index in [1.807, 2.05) is 24.3 Å². The molecule has 0 fully saturated rings. The third kappa shape index (κ3) is 4.09. The van der Waals surface area contributed by atoms with Crippen molar-refractivity contribution in [3.05, 3.63) is 65.9 Å². The van der Waals surface area contributed by atoms with Gasteiger partial charge in [0, 0.05) is 5.69 Å². The van der Waals surface area contributed by atoms with Gasteiger partial charge in [-0.15, -0.1) is 5.10 Å². The lowest BCUT2D eigenvalue weighted by Crippen LogP contribution is -2.03. The minimum Gasteiger partial charge on any atom is -0.339 e. The van der Waals surface area contributed by atoms with Crippen LogP contribution >= 0.6 is 0 Å². The zero-order valence-corrected chi connectivity index (χ0v) is 14.1. The quantitative estimate of drug-likeness (QED) is 0.723. The molecule has 0 atom stereocenters. The van der Waals surface area contributed by atoms with Crippen molar-refractivity contribution >= 4 is 23.1 Å². The number of para-hydroxylation sites is 1. The molecule has 0 unspecified atom stereocenters. The predicted molar refractivity (Wildman–Crippen MR) is 98.1 cm³/mol. The van der Waals surface area contributed by atoms with Gasteiger partial charge in [0.05, 0.1) is 17.4 Å². The smallest absolute Gasteiger partial charge is 0.249 e. The van der Waals surface area contributed by atoms with Gasteiger partial charge in [-0.25, -0.2) is 0 Å². The van der Waals surface area contributed by atoms with Crippen LogP contribution in [0.2, 0.25) is 0 Å². The van der Waals surface area contributed by atoms with Crippen LogP contribution in [0.5, 0.6) is 0 Å². The summed E-state index contributed by atoms with van der Waals surface area (Å²) >= 11 is 0. The Hall–Kier alpha value is -3.46. The molecule has 124 valence electrons. The molecule has 1 heterocycles. The van der Waals surface area contributed by atoms with Crippen molar-refractivity contribution in [3.8, 4) is 6.07 Å². The number of benzene rings is 2. The first-order valence-corrected chi connectivity index (χ1v) is 7.98. The van der Waals surface area contributed by atoms with Crippen molar-refractivity contribution in [2.45, 2.75) is 19.8 Å². The molecule has 6 heteroatoms. The monoisotopic (exact) mass is 330 g/mol. The van der Waals surface area contributed by atoms with Gasteiger partial charge in [0.2, 0.25) is 5.95 Å². The number of anilines is 4. The van der Waals surface area contributed by atoms with E-state index in [4.69, 9.17) is 5.26 Å². The molecule has 0 amide bonds. The van der Waals surface area contributed by atoms with Gasteiger partial charge in [-0.1, -0.05) is 38.1 Å². The third-order valence-electron chi connectivity index (χ3n) is 3.70. The van der Waals surface area contributed by atoms with E-state index in [2.05, 4.69) is 57.9 Å². The minimum absolute atomic E-state index is 0.325. The molecule has 0 aliphatic rings. The van der Waals surface area contributed by atoms with Crippen LogP contribution in [0.4, 0.5) is 23.1 Å². The molecule has 0 saturated heterocycles. The second-order valence-electron chi connectivity index (χ2n) is 5.85. The van der Waals surface area contributed by atoms with E-state index in [9.17, 15) is 0 Å². The standard InChI is InChI=1S/C19H18N6/c1-13(2)14-7-9-16(10-8-14)22-18-12-21-25-19(24-18)23-17-6-4-3-5-15(17)11-20/h3-10,12-13H,1-2H3,(H2,22,23,24,25). The Bertz CT molecular complexity index is 896. The molecule has 0 radical (unpaired) electrons. The van der Waals surface area contributed by atoms with Crippen LogP contribution < -0.4 is 10.6 Å². The number of hydrogen-bond acceptors (Lipinski definition) is 6. The Morgan fingerprint density at radius 2 is 1.76 bits per heavy atom. The molecule has 0 bridgehead atoms. The summed E-state index contributed by atoms with van der Waals surface area (Å²) in [6.45, 7) is 4.32. The Kier molecular flexibility index (Phi) is 4.86. The molecular formula is C19H18N6. The van der Waals surface area contributed by atoms with E-state index in [1.54, 1.807) is 18.3 Å². The minimum atomic E-state index is 0.325. The lowest BCUT2D eigenvalue weighted by Gasteiger charge is -2.10. The van der Waals surface area contributed by atoms with Gasteiger partial charge in [0.1, 0.15) is 6.07 Å². The average molecular weight is 330 g/mol. The zero-order valence-electron chi connectivity index (χ0n) is 14.1. The third-order valence-corrected chi connectivity index (χ3v) is 3.70. The predicted octanol–water partition coefficient (Wildman–Crippen LogP) is 4.35. The second-order valence-corrected chi connectivity index (χ2v) is 5.85. The van der Waals surface area contributed by atoms with Crippen molar-refractivity contribution < 1.29 is 0 Å². The fraction of sp³-hybridized carbons (Fsp3) is 0.158. The van der Waals surface area contributed by atoms with Gasteiger partial charge in [0.25, 0.3) is 0 Å². The van der Waals surface area contributed by atoms with Gasteiger partial charge in [-0.3, -0.25) is 0 Å². The first-order chi connectivity index (χ1) is 12.2. The number of hydrogen-bond donors (Lipinski definition) is 2. The summed E-state index contributed by atoms with van der Waals surface area (Å²) in [6.07, 6.45) is 1.55. The molecular weight excluding hydrogens is 312 g/mol. The normalized spacial score (nSPS) is 10.3. The van der Waals surface area contributed by atoms with E-state index in [-0.39, 0.29) is 0 Å². The molecule has 2 N–H and O–H groups in total. The maximum Gasteiger partial charge on any atom is 0.249 e. The second kappa shape index (κ2) is 7.41. The molecule has 3 rings (SSSR count). The van der Waals surface area contributed by atoms with Crippen molar-refractivity contribution in [2.75, 3.05) is 10.6 Å². The SMILES string of the molecule is CC(C)c1ccc(Nc2cnnc(Nc3ccccc3C#N)n2)cc1. The Labute approximate surface area is 146 Å². The average Bonchev–Trinajstić information content (AvgIpc) is 2.63. The molecule has 0 aliphatic carbocycles. The molecule has 0 saturated carbocycles. The van der Waals surface area contributed by atoms with E-state index < -0.39 is 0 Å². The molecule has 25 heavy (non-hydrogen) atoms. The fourth-order valence-electron chi connectivity index (χ4n) is 2.33. The van der Waals surface area contributed by atoms with Gasteiger partial charge in [-0.2, -0.15) is 15.3 Å². The summed E-state index contributed by atoms with van der Waals surface area (Å²) in [6, 6.07) is 17.5. The summed E-state index contributed by atoms with van der Waals surface area (Å²) in [4.78, 5) is 4.39. The molecule has 2 aromatic carbocycles. The van der Waals surface area contributed by atoms with E-state index in [0.717, 1.165) is 5.69 Å². The maximum atomic E-state index is 9.15. The number of nitrogens with one attached hydrogen (secondary N) is 2. The highest BCUT2D eigenvalue weighted by molar-refractivity contribution is 5.64. The van der Waals surface area contributed by atoms with Crippen LogP contribution in [0.3, 0.4) is 0 Å². The van der Waals surface area contributed by atoms with Gasteiger partial charge in [-0.05, 0) is 35.7 Å². The van der Waals surface area contributed by atoms with E-state index in [1.165, 1.54) is 5.56 Å². The van der Waals surface area contributed by atoms with Gasteiger partial charge >= 0.3 is 0 Å². The number of nitriles is 1. The van der Waals surface area contributed by atoms with Crippen LogP contribution in [0, 0.1) is 11.3 Å². The lowest BCUT2D eigenvalue weighted by atomic mass is 10.0. The topological polar surface area (TPSA) is 86.5 Å². The van der Waals surface area contributed by atoms with Crippen molar-refractivity contribution in [2.24, 2.45) is 0 Å². The Morgan fingerprint density at radius 3 is 2.48 bits per heavy atom. The number of rotatable bonds is 5. The first-order valence-electron chi connectivity index (χ1n) is 7.98. The van der Waals surface area contributed by atoms with E-state index in [0.29, 0.717) is 28.9 Å². The van der Waals surface area contributed by atoms with Crippen molar-refractivity contribution in [3.63, 3.8) is 0 Å². The fourth-order valence-corrected chi connectivity index (χ4v) is 2.33. The van der Waals surface area contributed by atoms with Crippen LogP contribution in [0.25, 0.3) is 0 Å². The first kappa shape index (κ1) is 16.4. The molecule has 0 aliphatic heterocycles. The zero-order chi connectivity index (χ0) is 17.6. The van der Waals surface area contributed by atoms with Gasteiger partial charge < -0.3 is 10.6 Å². The molecule has 3 aromatic rings. The van der Waals surface area contributed by atoms with Crippen LogP contribution in [-0.2, 0) is 0 Å². The largest absolute Gasteiger partial charge is 0.339 e. The summed E-state index contributed by atoms with van der Waals surface area (Å²) in [5.41, 5.74) is 3.37. The van der Waals surface area contributed by atoms with Crippen LogP contribution in [0.15, 0.2) is 54.7 Å². The molecule has 0 spiro atoms. The molecule has 1 aromatic heterocycles. The van der Waals surface area contributed by atoms with Crippen LogP contribution in [-0.4, -0.2) is 15.2 Å². The molecule has 6 nitrogen and oxygen atoms in total. The van der Waals surface area contributed by atoms with Crippen molar-refractivity contribution in [1.29, 1.82) is 5.26 Å². The summed E-state index contributed by atoms with van der Waals surface area (Å²) in [7, 11) is 0. The number of nitrogens with zero attached hydrogens (tertiary/aromatic N) is 4. The summed E-state index contributed by atoms with van der Waals surface area (Å²) in [5.74, 6) is 1.39. The lowest BCUT2D eigenvalue weighted by molar-refractivity contribution is 0.867. The summed E-state index contributed by atoms with van der Waals surface area (Å²) in [5, 5.41) is 23.3. The van der Waals surface area contributed by atoms with Gasteiger partial charge in [0.15, 0.2) is 5.82 Å². The summed E-state index contributed by atoms with van der Waals surface area (Å²) < 4.78 is 0. The Balaban J connectivity index is 1.76.